The summed E-state index contributed by atoms with van der Waals surface area (Å²) in [6.07, 6.45) is 2.58. The quantitative estimate of drug-likeness (QED) is 0.646. The fourth-order valence-electron chi connectivity index (χ4n) is 4.53. The minimum absolute atomic E-state index is 0.230. The Kier molecular flexibility index (Phi) is 5.30. The maximum absolute atomic E-state index is 13.3. The van der Waals surface area contributed by atoms with Gasteiger partial charge in [0.1, 0.15) is 22.6 Å². The lowest BCUT2D eigenvalue weighted by Crippen LogP contribution is -2.49. The van der Waals surface area contributed by atoms with Crippen LogP contribution < -0.4 is 25.2 Å². The Morgan fingerprint density at radius 3 is 2.88 bits per heavy atom. The van der Waals surface area contributed by atoms with Crippen molar-refractivity contribution >= 4 is 34.3 Å². The number of ether oxygens (including phenoxy) is 1. The molecule has 0 bridgehead atoms. The SMILES string of the molecule is CCOc1cc2nn(C)nc2cc1NC(=O)N1CCc2c(N3CCN[C@@H](C)C3)ccnc21. The van der Waals surface area contributed by atoms with Crippen LogP contribution in [0.15, 0.2) is 24.4 Å². The summed E-state index contributed by atoms with van der Waals surface area (Å²) in [7, 11) is 1.77. The zero-order chi connectivity index (χ0) is 22.2. The minimum Gasteiger partial charge on any atom is -0.492 e. The summed E-state index contributed by atoms with van der Waals surface area (Å²) in [5.41, 5.74) is 4.30. The molecule has 10 heteroatoms. The number of hydrogen-bond donors (Lipinski definition) is 2. The second-order valence-electron chi connectivity index (χ2n) is 8.22. The third-order valence-corrected chi connectivity index (χ3v) is 5.93. The van der Waals surface area contributed by atoms with E-state index in [0.717, 1.165) is 43.0 Å². The van der Waals surface area contributed by atoms with Gasteiger partial charge in [-0.1, -0.05) is 0 Å². The number of amides is 2. The molecule has 2 aliphatic heterocycles. The van der Waals surface area contributed by atoms with Crippen LogP contribution in [0, 0.1) is 0 Å². The molecule has 1 atom stereocenters. The number of carbonyl (C=O) groups excluding carboxylic acids is 1. The Labute approximate surface area is 186 Å². The molecular formula is C22H28N8O2. The predicted octanol–water partition coefficient (Wildman–Crippen LogP) is 2.15. The van der Waals surface area contributed by atoms with Gasteiger partial charge in [-0.3, -0.25) is 4.90 Å². The number of nitrogens with zero attached hydrogens (tertiary/aromatic N) is 6. The largest absolute Gasteiger partial charge is 0.492 e. The molecule has 0 unspecified atom stereocenters. The van der Waals surface area contributed by atoms with Crippen LogP contribution in [0.3, 0.4) is 0 Å². The van der Waals surface area contributed by atoms with Crippen molar-refractivity contribution in [3.05, 3.63) is 30.0 Å². The van der Waals surface area contributed by atoms with Crippen molar-refractivity contribution in [1.29, 1.82) is 0 Å². The average molecular weight is 437 g/mol. The number of aromatic nitrogens is 4. The monoisotopic (exact) mass is 436 g/mol. The second-order valence-corrected chi connectivity index (χ2v) is 8.22. The van der Waals surface area contributed by atoms with Gasteiger partial charge in [0.15, 0.2) is 0 Å². The molecule has 1 saturated heterocycles. The predicted molar refractivity (Wildman–Crippen MR) is 124 cm³/mol. The first-order valence-corrected chi connectivity index (χ1v) is 11.1. The molecule has 168 valence electrons. The van der Waals surface area contributed by atoms with Crippen LogP contribution in [0.1, 0.15) is 19.4 Å². The van der Waals surface area contributed by atoms with Crippen molar-refractivity contribution in [2.45, 2.75) is 26.3 Å². The highest BCUT2D eigenvalue weighted by Crippen LogP contribution is 2.35. The first-order valence-electron chi connectivity index (χ1n) is 11.1. The van der Waals surface area contributed by atoms with Crippen molar-refractivity contribution in [2.24, 2.45) is 7.05 Å². The lowest BCUT2D eigenvalue weighted by atomic mass is 10.1. The van der Waals surface area contributed by atoms with Gasteiger partial charge in [-0.25, -0.2) is 9.78 Å². The maximum Gasteiger partial charge on any atom is 0.327 e. The highest BCUT2D eigenvalue weighted by atomic mass is 16.5. The summed E-state index contributed by atoms with van der Waals surface area (Å²) in [4.78, 5) is 23.4. The number of anilines is 3. The molecule has 2 aliphatic rings. The van der Waals surface area contributed by atoms with E-state index in [9.17, 15) is 4.79 Å². The van der Waals surface area contributed by atoms with Crippen LogP contribution in [0.4, 0.5) is 22.0 Å². The molecule has 3 aromatic rings. The Bertz CT molecular complexity index is 1160. The standard InChI is InChI=1S/C22H28N8O2/c1-4-32-20-12-17-16(26-28(3)27-17)11-18(20)25-22(31)30-9-6-15-19(5-7-24-21(15)30)29-10-8-23-14(2)13-29/h5,7,11-12,14,23H,4,6,8-10,13H2,1-3H3,(H,25,31)/t14-/m0/s1. The smallest absolute Gasteiger partial charge is 0.327 e. The lowest BCUT2D eigenvalue weighted by Gasteiger charge is -2.34. The van der Waals surface area contributed by atoms with Gasteiger partial charge < -0.3 is 20.3 Å². The number of pyridine rings is 1. The fraction of sp³-hybridized carbons (Fsp3) is 0.455. The van der Waals surface area contributed by atoms with Gasteiger partial charge in [0.2, 0.25) is 0 Å². The molecule has 32 heavy (non-hydrogen) atoms. The highest BCUT2D eigenvalue weighted by Gasteiger charge is 2.31. The van der Waals surface area contributed by atoms with Gasteiger partial charge in [0.25, 0.3) is 0 Å². The Morgan fingerprint density at radius 2 is 2.09 bits per heavy atom. The zero-order valence-corrected chi connectivity index (χ0v) is 18.6. The van der Waals surface area contributed by atoms with E-state index < -0.39 is 0 Å². The summed E-state index contributed by atoms with van der Waals surface area (Å²) in [6.45, 7) is 8.01. The van der Waals surface area contributed by atoms with Crippen LogP contribution >= 0.6 is 0 Å². The number of hydrogen-bond acceptors (Lipinski definition) is 7. The van der Waals surface area contributed by atoms with Crippen molar-refractivity contribution in [1.82, 2.24) is 25.3 Å². The number of rotatable bonds is 4. The van der Waals surface area contributed by atoms with E-state index in [4.69, 9.17) is 4.74 Å². The van der Waals surface area contributed by atoms with E-state index in [-0.39, 0.29) is 6.03 Å². The number of aryl methyl sites for hydroxylation is 1. The Hall–Kier alpha value is -3.40. The minimum atomic E-state index is -0.230. The van der Waals surface area contributed by atoms with Gasteiger partial charge in [0.05, 0.1) is 12.3 Å². The molecule has 1 aromatic carbocycles. The van der Waals surface area contributed by atoms with Crippen LogP contribution in [0.5, 0.6) is 5.75 Å². The molecule has 0 radical (unpaired) electrons. The van der Waals surface area contributed by atoms with E-state index in [1.54, 1.807) is 30.3 Å². The van der Waals surface area contributed by atoms with Gasteiger partial charge in [0, 0.05) is 62.8 Å². The molecule has 1 fully saturated rings. The van der Waals surface area contributed by atoms with Crippen molar-refractivity contribution in [2.75, 3.05) is 47.9 Å². The number of carbonyl (C=O) groups is 1. The molecule has 2 N–H and O–H groups in total. The molecular weight excluding hydrogens is 408 g/mol. The Balaban J connectivity index is 1.41. The van der Waals surface area contributed by atoms with E-state index >= 15 is 0 Å². The van der Waals surface area contributed by atoms with Crippen LogP contribution in [0.2, 0.25) is 0 Å². The molecule has 4 heterocycles. The summed E-state index contributed by atoms with van der Waals surface area (Å²) in [6, 6.07) is 5.87. The van der Waals surface area contributed by atoms with Crippen molar-refractivity contribution in [3.8, 4) is 5.75 Å². The number of urea groups is 1. The van der Waals surface area contributed by atoms with Crippen molar-refractivity contribution in [3.63, 3.8) is 0 Å². The van der Waals surface area contributed by atoms with Crippen LogP contribution in [-0.2, 0) is 13.5 Å². The third kappa shape index (κ3) is 3.70. The summed E-state index contributed by atoms with van der Waals surface area (Å²) in [5.74, 6) is 1.30. The lowest BCUT2D eigenvalue weighted by molar-refractivity contribution is 0.257. The molecule has 2 aromatic heterocycles. The van der Waals surface area contributed by atoms with Crippen LogP contribution in [-0.4, -0.2) is 64.8 Å². The second kappa shape index (κ2) is 8.27. The van der Waals surface area contributed by atoms with E-state index in [0.29, 0.717) is 36.1 Å². The topological polar surface area (TPSA) is 100 Å². The molecule has 0 spiro atoms. The number of fused-ring (bicyclic) bond motifs is 2. The summed E-state index contributed by atoms with van der Waals surface area (Å²) >= 11 is 0. The van der Waals surface area contributed by atoms with Gasteiger partial charge >= 0.3 is 6.03 Å². The zero-order valence-electron chi connectivity index (χ0n) is 18.6. The molecule has 2 amide bonds. The number of piperazine rings is 1. The maximum atomic E-state index is 13.3. The van der Waals surface area contributed by atoms with E-state index in [1.807, 2.05) is 6.92 Å². The average Bonchev–Trinajstić information content (AvgIpc) is 3.36. The molecule has 0 saturated carbocycles. The van der Waals surface area contributed by atoms with Gasteiger partial charge in [-0.15, -0.1) is 0 Å². The molecule has 10 nitrogen and oxygen atoms in total. The van der Waals surface area contributed by atoms with Crippen LogP contribution in [0.25, 0.3) is 11.0 Å². The summed E-state index contributed by atoms with van der Waals surface area (Å²) in [5, 5.41) is 15.2. The van der Waals surface area contributed by atoms with Gasteiger partial charge in [-0.2, -0.15) is 15.0 Å². The van der Waals surface area contributed by atoms with Crippen molar-refractivity contribution < 1.29 is 9.53 Å². The first kappa shape index (κ1) is 20.5. The van der Waals surface area contributed by atoms with Gasteiger partial charge in [-0.05, 0) is 32.4 Å². The number of benzene rings is 1. The first-order chi connectivity index (χ1) is 15.5. The third-order valence-electron chi connectivity index (χ3n) is 5.93. The highest BCUT2D eigenvalue weighted by molar-refractivity contribution is 6.04. The van der Waals surface area contributed by atoms with E-state index in [1.165, 1.54) is 10.5 Å². The number of nitrogens with one attached hydrogen (secondary N) is 2. The van der Waals surface area contributed by atoms with E-state index in [2.05, 4.69) is 43.7 Å². The molecule has 0 aliphatic carbocycles. The Morgan fingerprint density at radius 1 is 1.28 bits per heavy atom. The summed E-state index contributed by atoms with van der Waals surface area (Å²) < 4.78 is 5.76. The fourth-order valence-corrected chi connectivity index (χ4v) is 4.53. The molecule has 5 rings (SSSR count). The normalized spacial score (nSPS) is 18.2.